The number of hydrogen-bond acceptors (Lipinski definition) is 4. The number of carboxylic acid groups (broad SMARTS) is 1. The first kappa shape index (κ1) is 14.3. The van der Waals surface area contributed by atoms with E-state index in [-0.39, 0.29) is 11.8 Å². The number of nitrogens with one attached hydrogen (secondary N) is 1. The second-order valence-corrected chi connectivity index (χ2v) is 5.24. The molecule has 0 radical (unpaired) electrons. The molecule has 1 aromatic rings. The Labute approximate surface area is 119 Å². The molecule has 1 saturated heterocycles. The topological polar surface area (TPSA) is 86.7 Å². The fourth-order valence-corrected chi connectivity index (χ4v) is 2.63. The lowest BCUT2D eigenvalue weighted by atomic mass is 10.2. The van der Waals surface area contributed by atoms with Crippen molar-refractivity contribution in [2.24, 2.45) is 0 Å². The number of carbonyl (C=O) groups is 3. The molecule has 2 heterocycles. The fraction of sp³-hybridized carbons (Fsp3) is 0.308. The minimum absolute atomic E-state index is 0.0456. The molecule has 6 nitrogen and oxygen atoms in total. The molecule has 0 bridgehead atoms. The van der Waals surface area contributed by atoms with Crippen molar-refractivity contribution in [3.63, 3.8) is 0 Å². The van der Waals surface area contributed by atoms with Gasteiger partial charge >= 0.3 is 5.97 Å². The molecule has 0 atom stereocenters. The third-order valence-corrected chi connectivity index (χ3v) is 3.75. The second-order valence-electron chi connectivity index (χ2n) is 4.30. The van der Waals surface area contributed by atoms with Crippen molar-refractivity contribution in [3.05, 3.63) is 28.0 Å². The average molecular weight is 294 g/mol. The van der Waals surface area contributed by atoms with Crippen molar-refractivity contribution in [1.82, 2.24) is 10.2 Å². The Morgan fingerprint density at radius 1 is 1.40 bits per heavy atom. The maximum atomic E-state index is 12.3. The number of carboxylic acids is 1. The van der Waals surface area contributed by atoms with Crippen molar-refractivity contribution in [2.45, 2.75) is 6.42 Å². The summed E-state index contributed by atoms with van der Waals surface area (Å²) in [4.78, 5) is 36.3. The van der Waals surface area contributed by atoms with Crippen molar-refractivity contribution >= 4 is 35.2 Å². The molecule has 0 aliphatic carbocycles. The van der Waals surface area contributed by atoms with Gasteiger partial charge in [-0.1, -0.05) is 0 Å². The molecule has 1 fully saturated rings. The molecule has 1 aliphatic rings. The van der Waals surface area contributed by atoms with Crippen molar-refractivity contribution in [3.8, 4) is 0 Å². The summed E-state index contributed by atoms with van der Waals surface area (Å²) in [5.41, 5.74) is 0.523. The SMILES string of the molecule is O=C(O)C=Cc1cc(C(=O)N2CCNC(=O)CC2)cs1. The number of amides is 2. The summed E-state index contributed by atoms with van der Waals surface area (Å²) in [5.74, 6) is -1.20. The van der Waals surface area contributed by atoms with E-state index in [0.717, 1.165) is 6.08 Å². The third-order valence-electron chi connectivity index (χ3n) is 2.86. The molecule has 0 aromatic carbocycles. The van der Waals surface area contributed by atoms with Crippen LogP contribution in [0.5, 0.6) is 0 Å². The summed E-state index contributed by atoms with van der Waals surface area (Å²) in [7, 11) is 0. The summed E-state index contributed by atoms with van der Waals surface area (Å²) in [6.07, 6.45) is 2.80. The van der Waals surface area contributed by atoms with Crippen LogP contribution in [0.4, 0.5) is 0 Å². The lowest BCUT2D eigenvalue weighted by Gasteiger charge is -2.18. The molecule has 0 unspecified atom stereocenters. The maximum absolute atomic E-state index is 12.3. The number of aliphatic carboxylic acids is 1. The van der Waals surface area contributed by atoms with E-state index in [9.17, 15) is 14.4 Å². The highest BCUT2D eigenvalue weighted by atomic mass is 32.1. The summed E-state index contributed by atoms with van der Waals surface area (Å²) < 4.78 is 0. The van der Waals surface area contributed by atoms with Gasteiger partial charge in [0.1, 0.15) is 0 Å². The van der Waals surface area contributed by atoms with E-state index in [2.05, 4.69) is 5.32 Å². The Morgan fingerprint density at radius 3 is 2.95 bits per heavy atom. The highest BCUT2D eigenvalue weighted by Crippen LogP contribution is 2.18. The molecular formula is C13H14N2O4S. The molecule has 106 valence electrons. The molecule has 0 saturated carbocycles. The van der Waals surface area contributed by atoms with E-state index in [4.69, 9.17) is 5.11 Å². The minimum atomic E-state index is -1.02. The van der Waals surface area contributed by atoms with Crippen LogP contribution in [0.25, 0.3) is 6.08 Å². The second kappa shape index (κ2) is 6.33. The molecule has 0 spiro atoms. The predicted molar refractivity (Wildman–Crippen MR) is 74.5 cm³/mol. The van der Waals surface area contributed by atoms with Crippen LogP contribution in [0.2, 0.25) is 0 Å². The molecule has 2 rings (SSSR count). The largest absolute Gasteiger partial charge is 0.478 e. The lowest BCUT2D eigenvalue weighted by Crippen LogP contribution is -2.33. The normalized spacial score (nSPS) is 16.0. The molecule has 1 aliphatic heterocycles. The summed E-state index contributed by atoms with van der Waals surface area (Å²) in [6.45, 7) is 1.35. The minimum Gasteiger partial charge on any atom is -0.478 e. The Kier molecular flexibility index (Phi) is 4.52. The van der Waals surface area contributed by atoms with Crippen LogP contribution in [0.3, 0.4) is 0 Å². The van der Waals surface area contributed by atoms with Gasteiger partial charge in [0, 0.05) is 42.4 Å². The molecule has 2 N–H and O–H groups in total. The zero-order chi connectivity index (χ0) is 14.5. The van der Waals surface area contributed by atoms with Crippen LogP contribution >= 0.6 is 11.3 Å². The Hall–Kier alpha value is -2.15. The Balaban J connectivity index is 2.05. The van der Waals surface area contributed by atoms with Crippen LogP contribution in [0.15, 0.2) is 17.5 Å². The lowest BCUT2D eigenvalue weighted by molar-refractivity contribution is -0.131. The van der Waals surface area contributed by atoms with Gasteiger partial charge in [0.15, 0.2) is 0 Å². The zero-order valence-electron chi connectivity index (χ0n) is 10.7. The van der Waals surface area contributed by atoms with Gasteiger partial charge in [0.05, 0.1) is 5.56 Å². The first-order valence-electron chi connectivity index (χ1n) is 6.12. The van der Waals surface area contributed by atoms with Gasteiger partial charge in [-0.05, 0) is 12.1 Å². The molecule has 7 heteroatoms. The molecule has 2 amide bonds. The van der Waals surface area contributed by atoms with Crippen LogP contribution in [0.1, 0.15) is 21.7 Å². The summed E-state index contributed by atoms with van der Waals surface area (Å²) >= 11 is 1.31. The van der Waals surface area contributed by atoms with Crippen LogP contribution < -0.4 is 5.32 Å². The van der Waals surface area contributed by atoms with Gasteiger partial charge in [-0.15, -0.1) is 11.3 Å². The highest BCUT2D eigenvalue weighted by Gasteiger charge is 2.20. The van der Waals surface area contributed by atoms with Gasteiger partial charge in [0.25, 0.3) is 5.91 Å². The predicted octanol–water partition coefficient (Wildman–Crippen LogP) is 0.808. The van der Waals surface area contributed by atoms with Gasteiger partial charge in [-0.2, -0.15) is 0 Å². The van der Waals surface area contributed by atoms with E-state index in [1.165, 1.54) is 17.4 Å². The number of carbonyl (C=O) groups excluding carboxylic acids is 2. The van der Waals surface area contributed by atoms with Crippen molar-refractivity contribution in [2.75, 3.05) is 19.6 Å². The van der Waals surface area contributed by atoms with Gasteiger partial charge in [-0.25, -0.2) is 4.79 Å². The number of hydrogen-bond donors (Lipinski definition) is 2. The summed E-state index contributed by atoms with van der Waals surface area (Å²) in [5, 5.41) is 13.0. The van der Waals surface area contributed by atoms with Crippen LogP contribution in [0, 0.1) is 0 Å². The molecule has 1 aromatic heterocycles. The van der Waals surface area contributed by atoms with E-state index in [1.54, 1.807) is 16.3 Å². The first-order chi connectivity index (χ1) is 9.56. The maximum Gasteiger partial charge on any atom is 0.328 e. The van der Waals surface area contributed by atoms with Crippen molar-refractivity contribution in [1.29, 1.82) is 0 Å². The molecule has 20 heavy (non-hydrogen) atoms. The van der Waals surface area contributed by atoms with Crippen LogP contribution in [-0.4, -0.2) is 47.4 Å². The third kappa shape index (κ3) is 3.67. The van der Waals surface area contributed by atoms with Crippen LogP contribution in [-0.2, 0) is 9.59 Å². The van der Waals surface area contributed by atoms with E-state index in [0.29, 0.717) is 36.5 Å². The fourth-order valence-electron chi connectivity index (χ4n) is 1.86. The highest BCUT2D eigenvalue weighted by molar-refractivity contribution is 7.11. The first-order valence-corrected chi connectivity index (χ1v) is 7.00. The van der Waals surface area contributed by atoms with Gasteiger partial charge in [0.2, 0.25) is 5.91 Å². The zero-order valence-corrected chi connectivity index (χ0v) is 11.5. The van der Waals surface area contributed by atoms with Gasteiger partial charge in [-0.3, -0.25) is 9.59 Å². The Morgan fingerprint density at radius 2 is 2.20 bits per heavy atom. The smallest absolute Gasteiger partial charge is 0.328 e. The van der Waals surface area contributed by atoms with E-state index >= 15 is 0 Å². The van der Waals surface area contributed by atoms with E-state index in [1.807, 2.05) is 0 Å². The average Bonchev–Trinajstić information content (AvgIpc) is 2.78. The van der Waals surface area contributed by atoms with Gasteiger partial charge < -0.3 is 15.3 Å². The van der Waals surface area contributed by atoms with Crippen molar-refractivity contribution < 1.29 is 19.5 Å². The summed E-state index contributed by atoms with van der Waals surface area (Å²) in [6, 6.07) is 1.66. The number of rotatable bonds is 3. The standard InChI is InChI=1S/C13H14N2O4S/c16-11-3-5-15(6-4-14-11)13(19)9-7-10(20-8-9)1-2-12(17)18/h1-2,7-8H,3-6H2,(H,14,16)(H,17,18). The molecular weight excluding hydrogens is 280 g/mol. The Bertz CT molecular complexity index is 564. The number of nitrogens with zero attached hydrogens (tertiary/aromatic N) is 1. The quantitative estimate of drug-likeness (QED) is 0.808. The number of thiophene rings is 1. The van der Waals surface area contributed by atoms with E-state index < -0.39 is 5.97 Å². The monoisotopic (exact) mass is 294 g/mol.